The van der Waals surface area contributed by atoms with Crippen molar-refractivity contribution in [1.29, 1.82) is 0 Å². The largest absolute Gasteiger partial charge is 0.472 e. The van der Waals surface area contributed by atoms with Gasteiger partial charge in [0.1, 0.15) is 6.10 Å². The van der Waals surface area contributed by atoms with Gasteiger partial charge in [-0.05, 0) is 70.6 Å². The molecular formula is C57H102NO7P. The van der Waals surface area contributed by atoms with Gasteiger partial charge in [0.25, 0.3) is 0 Å². The van der Waals surface area contributed by atoms with Gasteiger partial charge in [-0.2, -0.15) is 0 Å². The Morgan fingerprint density at radius 1 is 0.470 bits per heavy atom. The van der Waals surface area contributed by atoms with E-state index in [-0.39, 0.29) is 32.3 Å². The lowest BCUT2D eigenvalue weighted by molar-refractivity contribution is -0.154. The third-order valence-electron chi connectivity index (χ3n) is 11.3. The highest BCUT2D eigenvalue weighted by molar-refractivity contribution is 7.47. The predicted octanol–water partition coefficient (Wildman–Crippen LogP) is 17.2. The minimum atomic E-state index is -4.30. The molecule has 0 aliphatic heterocycles. The van der Waals surface area contributed by atoms with E-state index in [0.29, 0.717) is 13.0 Å². The van der Waals surface area contributed by atoms with Crippen LogP contribution in [0.25, 0.3) is 0 Å². The third-order valence-corrected chi connectivity index (χ3v) is 12.3. The second kappa shape index (κ2) is 53.6. The Labute approximate surface area is 407 Å². The summed E-state index contributed by atoms with van der Waals surface area (Å²) in [6, 6.07) is 0. The van der Waals surface area contributed by atoms with Crippen LogP contribution >= 0.6 is 7.82 Å². The van der Waals surface area contributed by atoms with Crippen molar-refractivity contribution >= 4 is 13.8 Å². The monoisotopic (exact) mass is 944 g/mol. The number of carbonyl (C=O) groups is 1. The maximum absolute atomic E-state index is 12.7. The van der Waals surface area contributed by atoms with Gasteiger partial charge in [-0.25, -0.2) is 4.57 Å². The molecule has 3 N–H and O–H groups in total. The number of allylic oxidation sites excluding steroid dienone is 14. The van der Waals surface area contributed by atoms with E-state index in [4.69, 9.17) is 24.3 Å². The summed E-state index contributed by atoms with van der Waals surface area (Å²) in [6.45, 7) is 4.76. The third kappa shape index (κ3) is 52.6. The molecule has 0 rings (SSSR count). The van der Waals surface area contributed by atoms with Crippen molar-refractivity contribution in [2.75, 3.05) is 33.0 Å². The fourth-order valence-electron chi connectivity index (χ4n) is 7.39. The maximum atomic E-state index is 12.7. The molecule has 0 fully saturated rings. The Morgan fingerprint density at radius 3 is 1.27 bits per heavy atom. The zero-order chi connectivity index (χ0) is 48.0. The van der Waals surface area contributed by atoms with Gasteiger partial charge in [0.2, 0.25) is 0 Å². The smallest absolute Gasteiger partial charge is 0.457 e. The summed E-state index contributed by atoms with van der Waals surface area (Å²) in [4.78, 5) is 22.6. The van der Waals surface area contributed by atoms with Crippen molar-refractivity contribution in [3.63, 3.8) is 0 Å². The van der Waals surface area contributed by atoms with E-state index in [1.165, 1.54) is 116 Å². The standard InChI is InChI=1S/C57H102NO7P/c1-3-5-7-9-11-13-15-17-19-21-23-25-26-27-28-29-31-33-35-37-39-41-43-45-47-49-52-62-54-56(55-64-66(60,61)63-53-51-58)65-57(59)50-48-46-44-42-40-38-36-34-32-30-24-22-20-18-16-14-12-10-8-6-4-2/h5,7,11,13,17,19,23,25,27-28,31,33,37,39,56H,3-4,6,8-10,12,14-16,18,20-22,24,26,29-30,32,34-36,38,40-55,58H2,1-2H3,(H,60,61)/b7-5-,13-11-,19-17-,25-23-,28-27-,33-31-,39-37-. The number of unbranched alkanes of at least 4 members (excludes halogenated alkanes) is 24. The van der Waals surface area contributed by atoms with E-state index in [2.05, 4.69) is 98.9 Å². The average molecular weight is 944 g/mol. The number of carbonyl (C=O) groups excluding carboxylic acids is 1. The van der Waals surface area contributed by atoms with E-state index >= 15 is 0 Å². The summed E-state index contributed by atoms with van der Waals surface area (Å²) in [5.41, 5.74) is 5.39. The second-order valence-corrected chi connectivity index (χ2v) is 19.2. The number of hydrogen-bond acceptors (Lipinski definition) is 7. The first kappa shape index (κ1) is 63.7. The molecule has 66 heavy (non-hydrogen) atoms. The van der Waals surface area contributed by atoms with Gasteiger partial charge < -0.3 is 20.1 Å². The molecule has 0 saturated carbocycles. The molecule has 0 bridgehead atoms. The molecule has 9 heteroatoms. The molecule has 0 radical (unpaired) electrons. The van der Waals surface area contributed by atoms with Gasteiger partial charge in [-0.1, -0.05) is 240 Å². The van der Waals surface area contributed by atoms with Crippen LogP contribution in [0, 0.1) is 0 Å². The van der Waals surface area contributed by atoms with Crippen LogP contribution in [0.4, 0.5) is 0 Å². The van der Waals surface area contributed by atoms with Crippen LogP contribution < -0.4 is 5.73 Å². The number of phosphoric ester groups is 1. The molecule has 0 saturated heterocycles. The molecule has 0 aromatic heterocycles. The molecule has 0 aromatic carbocycles. The Hall–Kier alpha value is -2.32. The van der Waals surface area contributed by atoms with Crippen LogP contribution in [0.5, 0.6) is 0 Å². The van der Waals surface area contributed by atoms with E-state index in [1.54, 1.807) is 0 Å². The van der Waals surface area contributed by atoms with E-state index in [9.17, 15) is 14.3 Å². The highest BCUT2D eigenvalue weighted by atomic mass is 31.2. The van der Waals surface area contributed by atoms with Gasteiger partial charge in [0.05, 0.1) is 19.8 Å². The Kier molecular flexibility index (Phi) is 51.7. The number of ether oxygens (including phenoxy) is 2. The van der Waals surface area contributed by atoms with Crippen molar-refractivity contribution in [1.82, 2.24) is 0 Å². The van der Waals surface area contributed by atoms with Crippen LogP contribution in [0.2, 0.25) is 0 Å². The number of phosphoric acid groups is 1. The molecule has 0 heterocycles. The minimum Gasteiger partial charge on any atom is -0.457 e. The van der Waals surface area contributed by atoms with Crippen LogP contribution in [0.15, 0.2) is 85.1 Å². The Bertz CT molecular complexity index is 1290. The van der Waals surface area contributed by atoms with E-state index < -0.39 is 13.9 Å². The fraction of sp³-hybridized carbons (Fsp3) is 0.737. The minimum absolute atomic E-state index is 0.0928. The van der Waals surface area contributed by atoms with Crippen LogP contribution in [-0.2, 0) is 27.9 Å². The SMILES string of the molecule is CC/C=C\C/C=C\C/C=C\C/C=C\C/C=C\C/C=C\C/C=C\CCCCCCOCC(COP(=O)(O)OCCN)OC(=O)CCCCCCCCCCCCCCCCCCCCCCC. The van der Waals surface area contributed by atoms with Crippen molar-refractivity contribution in [2.45, 2.75) is 238 Å². The quantitative estimate of drug-likeness (QED) is 0.0268. The molecule has 0 spiro atoms. The maximum Gasteiger partial charge on any atom is 0.472 e. The van der Waals surface area contributed by atoms with Crippen LogP contribution in [0.1, 0.15) is 232 Å². The number of nitrogens with two attached hydrogens (primary N) is 1. The zero-order valence-corrected chi connectivity index (χ0v) is 43.6. The topological polar surface area (TPSA) is 117 Å². The molecule has 0 aliphatic rings. The van der Waals surface area contributed by atoms with Crippen LogP contribution in [-0.4, -0.2) is 49.9 Å². The highest BCUT2D eigenvalue weighted by Crippen LogP contribution is 2.43. The average Bonchev–Trinajstić information content (AvgIpc) is 3.31. The molecule has 2 unspecified atom stereocenters. The molecule has 0 aromatic rings. The van der Waals surface area contributed by atoms with Gasteiger partial charge in [-0.3, -0.25) is 13.8 Å². The van der Waals surface area contributed by atoms with Gasteiger partial charge in [0, 0.05) is 19.6 Å². The normalized spacial score (nSPS) is 13.9. The van der Waals surface area contributed by atoms with Crippen molar-refractivity contribution in [3.8, 4) is 0 Å². The predicted molar refractivity (Wildman–Crippen MR) is 284 cm³/mol. The fourth-order valence-corrected chi connectivity index (χ4v) is 8.16. The summed E-state index contributed by atoms with van der Waals surface area (Å²) in [6.07, 6.45) is 70.5. The number of hydrogen-bond donors (Lipinski definition) is 2. The van der Waals surface area contributed by atoms with Gasteiger partial charge in [-0.15, -0.1) is 0 Å². The Morgan fingerprint density at radius 2 is 0.848 bits per heavy atom. The Balaban J connectivity index is 4.00. The van der Waals surface area contributed by atoms with Gasteiger partial charge >= 0.3 is 13.8 Å². The van der Waals surface area contributed by atoms with Crippen molar-refractivity contribution in [3.05, 3.63) is 85.1 Å². The molecule has 8 nitrogen and oxygen atoms in total. The lowest BCUT2D eigenvalue weighted by Gasteiger charge is -2.20. The summed E-state index contributed by atoms with van der Waals surface area (Å²) >= 11 is 0. The van der Waals surface area contributed by atoms with Crippen molar-refractivity contribution < 1.29 is 32.8 Å². The van der Waals surface area contributed by atoms with Crippen LogP contribution in [0.3, 0.4) is 0 Å². The van der Waals surface area contributed by atoms with Gasteiger partial charge in [0.15, 0.2) is 0 Å². The highest BCUT2D eigenvalue weighted by Gasteiger charge is 2.25. The van der Waals surface area contributed by atoms with Crippen molar-refractivity contribution in [2.24, 2.45) is 5.73 Å². The number of esters is 1. The molecule has 0 aliphatic carbocycles. The summed E-state index contributed by atoms with van der Waals surface area (Å²) < 4.78 is 33.6. The van der Waals surface area contributed by atoms with E-state index in [0.717, 1.165) is 96.3 Å². The summed E-state index contributed by atoms with van der Waals surface area (Å²) in [5, 5.41) is 0. The molecule has 0 amide bonds. The first-order valence-corrected chi connectivity index (χ1v) is 28.6. The lowest BCUT2D eigenvalue weighted by Crippen LogP contribution is -2.28. The number of rotatable bonds is 51. The second-order valence-electron chi connectivity index (χ2n) is 17.7. The molecule has 2 atom stereocenters. The molecule has 382 valence electrons. The molecular weight excluding hydrogens is 842 g/mol. The summed E-state index contributed by atoms with van der Waals surface area (Å²) in [7, 11) is -4.30. The first-order chi connectivity index (χ1) is 32.4. The first-order valence-electron chi connectivity index (χ1n) is 27.1. The van der Waals surface area contributed by atoms with E-state index in [1.807, 2.05) is 0 Å². The zero-order valence-electron chi connectivity index (χ0n) is 42.7. The summed E-state index contributed by atoms with van der Waals surface area (Å²) in [5.74, 6) is -0.338. The lowest BCUT2D eigenvalue weighted by atomic mass is 10.0.